The van der Waals surface area contributed by atoms with Crippen molar-refractivity contribution >= 4 is 48.9 Å². The molecule has 0 amide bonds. The van der Waals surface area contributed by atoms with E-state index >= 15 is 0 Å². The molecule has 0 aliphatic rings. The zero-order chi connectivity index (χ0) is 2.71. The van der Waals surface area contributed by atoms with Crippen LogP contribution in [-0.4, -0.2) is 53.5 Å². The molecule has 4 heavy (non-hydrogen) atoms. The van der Waals surface area contributed by atoms with Crippen LogP contribution in [0.3, 0.4) is 0 Å². The summed E-state index contributed by atoms with van der Waals surface area (Å²) in [5, 5.41) is 0. The molecule has 0 aromatic heterocycles. The molecule has 0 atom stereocenters. The Kier molecular flexibility index (Phi) is 20.4. The molecule has 4 heteroatoms. The van der Waals surface area contributed by atoms with Crippen LogP contribution in [0, 0.1) is 11.3 Å². The van der Waals surface area contributed by atoms with Gasteiger partial charge < -0.3 is 7.51 Å². The van der Waals surface area contributed by atoms with Crippen LogP contribution in [0.4, 0.5) is 0 Å². The van der Waals surface area contributed by atoms with Gasteiger partial charge in [0.2, 0.25) is 0 Å². The van der Waals surface area contributed by atoms with Gasteiger partial charge in [0.25, 0.3) is 0 Å². The second kappa shape index (κ2) is 8.84. The Bertz CT molecular complexity index is 11.5. The van der Waals surface area contributed by atoms with E-state index in [1.165, 1.54) is 0 Å². The molecule has 1 N–H and O–H groups in total. The molecule has 24 valence electrons. The SMILES string of the molecule is [Ba+2].[H-].[H-].[O-][Cl+]O. The Balaban J connectivity index is -0.00000000667. The van der Waals surface area contributed by atoms with Crippen molar-refractivity contribution in [3.63, 3.8) is 0 Å². The fourth-order valence-corrected chi connectivity index (χ4v) is 0. The van der Waals surface area contributed by atoms with E-state index in [0.717, 1.165) is 0 Å². The van der Waals surface area contributed by atoms with Crippen molar-refractivity contribution < 1.29 is 23.5 Å². The smallest absolute Gasteiger partial charge is 1.00 e. The first-order valence-electron chi connectivity index (χ1n) is 0.323. The standard InChI is InChI=1S/Ba.ClHO2.2H/c;2-1-3;;/h;2H;;/q+2;;2*-1. The summed E-state index contributed by atoms with van der Waals surface area (Å²) >= 11 is -0.167. The fourth-order valence-electron chi connectivity index (χ4n) is 0. The molecule has 0 bridgehead atoms. The minimum Gasteiger partial charge on any atom is -1.00 e. The minimum atomic E-state index is -0.167. The van der Waals surface area contributed by atoms with Crippen LogP contribution in [0.15, 0.2) is 0 Å². The molecule has 0 aliphatic carbocycles. The van der Waals surface area contributed by atoms with E-state index in [-0.39, 0.29) is 63.1 Å². The van der Waals surface area contributed by atoms with Gasteiger partial charge in [-0.15, -0.1) is 4.66 Å². The van der Waals surface area contributed by atoms with Gasteiger partial charge in [-0.1, -0.05) is 0 Å². The molecule has 0 saturated carbocycles. The van der Waals surface area contributed by atoms with Crippen molar-refractivity contribution in [3.05, 3.63) is 0 Å². The Hall–Kier alpha value is 1.78. The Morgan fingerprint density at radius 3 is 2.00 bits per heavy atom. The van der Waals surface area contributed by atoms with Crippen LogP contribution in [0.2, 0.25) is 0 Å². The summed E-state index contributed by atoms with van der Waals surface area (Å²) in [6.45, 7) is 0. The van der Waals surface area contributed by atoms with Crippen LogP contribution in [0.1, 0.15) is 2.85 Å². The molecule has 0 aromatic carbocycles. The molecule has 0 aliphatic heterocycles. The first-order valence-corrected chi connectivity index (χ1v) is 0.970. The molecule has 0 aromatic rings. The van der Waals surface area contributed by atoms with E-state index in [4.69, 9.17) is 9.32 Å². The summed E-state index contributed by atoms with van der Waals surface area (Å²) in [6, 6.07) is 0. The second-order valence-corrected chi connectivity index (χ2v) is 0.207. The Labute approximate surface area is 71.3 Å². The van der Waals surface area contributed by atoms with Crippen LogP contribution >= 0.6 is 0 Å². The maximum Gasteiger partial charge on any atom is 2.00 e. The second-order valence-electron chi connectivity index (χ2n) is 0.0690. The fraction of sp³-hybridized carbons (Fsp3) is 0. The van der Waals surface area contributed by atoms with Crippen molar-refractivity contribution in [3.8, 4) is 0 Å². The molecule has 0 heterocycles. The van der Waals surface area contributed by atoms with Crippen molar-refractivity contribution in [2.45, 2.75) is 0 Å². The zero-order valence-corrected chi connectivity index (χ0v) is 7.14. The van der Waals surface area contributed by atoms with Gasteiger partial charge in [0.05, 0.1) is 0 Å². The Morgan fingerprint density at radius 1 is 2.00 bits per heavy atom. The third-order valence-electron chi connectivity index (χ3n) is 0. The summed E-state index contributed by atoms with van der Waals surface area (Å²) in [5.74, 6) is 0. The maximum atomic E-state index is 8.35. The monoisotopic (exact) mass is 208 g/mol. The van der Waals surface area contributed by atoms with Crippen molar-refractivity contribution in [2.24, 2.45) is 0 Å². The zero-order valence-electron chi connectivity index (χ0n) is 3.94. The predicted octanol–water partition coefficient (Wildman–Crippen LogP) is -1.90. The van der Waals surface area contributed by atoms with Crippen LogP contribution in [-0.2, 0) is 0 Å². The predicted molar refractivity (Wildman–Crippen MR) is 10.2 cm³/mol. The van der Waals surface area contributed by atoms with Gasteiger partial charge in [-0.25, -0.2) is 0 Å². The van der Waals surface area contributed by atoms with Gasteiger partial charge in [0.15, 0.2) is 0 Å². The summed E-state index contributed by atoms with van der Waals surface area (Å²) in [4.78, 5) is 0. The largest absolute Gasteiger partial charge is 2.00 e. The first kappa shape index (κ1) is 9.24. The van der Waals surface area contributed by atoms with Gasteiger partial charge >= 0.3 is 60.2 Å². The quantitative estimate of drug-likeness (QED) is 0.472. The number of halogens is 1. The third-order valence-corrected chi connectivity index (χ3v) is 0. The molecule has 0 radical (unpaired) electrons. The van der Waals surface area contributed by atoms with Gasteiger partial charge in [0.1, 0.15) is 0 Å². The molecule has 0 rings (SSSR count). The number of hydrogen-bond donors (Lipinski definition) is 1. The maximum absolute atomic E-state index is 8.35. The third kappa shape index (κ3) is 9.22. The van der Waals surface area contributed by atoms with Crippen LogP contribution in [0.5, 0.6) is 0 Å². The number of hydrogen-bond acceptors (Lipinski definition) is 2. The van der Waals surface area contributed by atoms with Crippen LogP contribution in [0.25, 0.3) is 0 Å². The normalized spacial score (nSPS) is 4.50. The molecule has 0 spiro atoms. The van der Waals surface area contributed by atoms with E-state index in [2.05, 4.69) is 0 Å². The van der Waals surface area contributed by atoms with Crippen molar-refractivity contribution in [1.82, 2.24) is 0 Å². The van der Waals surface area contributed by atoms with E-state index in [9.17, 15) is 0 Å². The topological polar surface area (TPSA) is 43.3 Å². The van der Waals surface area contributed by atoms with E-state index in [0.29, 0.717) is 0 Å². The Morgan fingerprint density at radius 2 is 2.00 bits per heavy atom. The van der Waals surface area contributed by atoms with E-state index < -0.39 is 0 Å². The van der Waals surface area contributed by atoms with Crippen LogP contribution < -0.4 is 4.66 Å². The average Bonchev–Trinajstić information content (AvgIpc) is 0.918. The van der Waals surface area contributed by atoms with Gasteiger partial charge in [-0.3, -0.25) is 0 Å². The number of rotatable bonds is 0. The molecule has 0 fully saturated rings. The molecule has 0 unspecified atom stereocenters. The van der Waals surface area contributed by atoms with Gasteiger partial charge in [-0.05, 0) is 0 Å². The van der Waals surface area contributed by atoms with E-state index in [1.807, 2.05) is 0 Å². The molecular formula is H3BaClO2. The molecule has 0 saturated heterocycles. The molecule has 2 nitrogen and oxygen atoms in total. The van der Waals surface area contributed by atoms with Crippen molar-refractivity contribution in [2.75, 3.05) is 0 Å². The average molecular weight is 208 g/mol. The summed E-state index contributed by atoms with van der Waals surface area (Å²) < 4.78 is 15.2. The van der Waals surface area contributed by atoms with Gasteiger partial charge in [0, 0.05) is 0 Å². The first-order chi connectivity index (χ1) is 1.41. The van der Waals surface area contributed by atoms with Gasteiger partial charge in [-0.2, -0.15) is 0 Å². The summed E-state index contributed by atoms with van der Waals surface area (Å²) in [6.07, 6.45) is 0. The van der Waals surface area contributed by atoms with Crippen molar-refractivity contribution in [1.29, 1.82) is 0 Å². The molecular weight excluding hydrogens is 205 g/mol. The van der Waals surface area contributed by atoms with E-state index in [1.54, 1.807) is 0 Å². The minimum absolute atomic E-state index is 0. The summed E-state index contributed by atoms with van der Waals surface area (Å²) in [7, 11) is 0. The summed E-state index contributed by atoms with van der Waals surface area (Å²) in [5.41, 5.74) is 0.